The molecule has 28 heavy (non-hydrogen) atoms. The summed E-state index contributed by atoms with van der Waals surface area (Å²) in [5.74, 6) is 0.927. The maximum Gasteiger partial charge on any atom is 0.124 e. The van der Waals surface area contributed by atoms with Crippen molar-refractivity contribution in [2.45, 2.75) is 19.7 Å². The van der Waals surface area contributed by atoms with E-state index >= 15 is 0 Å². The number of benzene rings is 3. The molecule has 0 saturated carbocycles. The van der Waals surface area contributed by atoms with Crippen LogP contribution in [0.15, 0.2) is 91.3 Å². The number of nitrogens with one attached hydrogen (secondary N) is 1. The summed E-state index contributed by atoms with van der Waals surface area (Å²) in [7, 11) is 0. The molecule has 0 amide bonds. The Hall–Kier alpha value is -2.88. The Morgan fingerprint density at radius 2 is 1.54 bits per heavy atom. The van der Waals surface area contributed by atoms with Gasteiger partial charge in [-0.25, -0.2) is 0 Å². The van der Waals surface area contributed by atoms with E-state index in [0.29, 0.717) is 6.61 Å². The number of nitrogens with zero attached hydrogens (tertiary/aromatic N) is 1. The molecule has 0 bridgehead atoms. The molecular formula is C24H23ClN2O. The SMILES string of the molecule is Cl.c1ccc(COc2ccc3ccccc3c2CNCc2cccnc2)cc1. The van der Waals surface area contributed by atoms with E-state index in [1.807, 2.05) is 30.5 Å². The van der Waals surface area contributed by atoms with Crippen molar-refractivity contribution in [1.29, 1.82) is 0 Å². The summed E-state index contributed by atoms with van der Waals surface area (Å²) in [6.45, 7) is 2.07. The Kier molecular flexibility index (Phi) is 7.01. The van der Waals surface area contributed by atoms with E-state index in [2.05, 4.69) is 64.9 Å². The molecule has 4 heteroatoms. The van der Waals surface area contributed by atoms with Crippen LogP contribution in [0, 0.1) is 0 Å². The zero-order valence-corrected chi connectivity index (χ0v) is 16.4. The first kappa shape index (κ1) is 19.9. The highest BCUT2D eigenvalue weighted by Gasteiger charge is 2.09. The summed E-state index contributed by atoms with van der Waals surface area (Å²) in [5.41, 5.74) is 3.53. The monoisotopic (exact) mass is 390 g/mol. The first-order valence-corrected chi connectivity index (χ1v) is 9.17. The van der Waals surface area contributed by atoms with E-state index in [-0.39, 0.29) is 12.4 Å². The van der Waals surface area contributed by atoms with Crippen LogP contribution in [0.2, 0.25) is 0 Å². The van der Waals surface area contributed by atoms with E-state index in [1.54, 1.807) is 6.20 Å². The predicted octanol–water partition coefficient (Wildman–Crippen LogP) is 5.53. The Morgan fingerprint density at radius 3 is 2.36 bits per heavy atom. The van der Waals surface area contributed by atoms with Gasteiger partial charge >= 0.3 is 0 Å². The van der Waals surface area contributed by atoms with Crippen LogP contribution in [0.5, 0.6) is 5.75 Å². The van der Waals surface area contributed by atoms with Gasteiger partial charge in [-0.3, -0.25) is 4.98 Å². The maximum absolute atomic E-state index is 6.18. The Balaban J connectivity index is 0.00000225. The second kappa shape index (κ2) is 9.88. The van der Waals surface area contributed by atoms with Crippen molar-refractivity contribution < 1.29 is 4.74 Å². The molecule has 0 aliphatic carbocycles. The average molecular weight is 391 g/mol. The molecule has 0 aliphatic heterocycles. The number of hydrogen-bond acceptors (Lipinski definition) is 3. The van der Waals surface area contributed by atoms with E-state index in [0.717, 1.165) is 18.8 Å². The second-order valence-corrected chi connectivity index (χ2v) is 6.50. The van der Waals surface area contributed by atoms with Crippen LogP contribution in [0.3, 0.4) is 0 Å². The fourth-order valence-electron chi connectivity index (χ4n) is 3.20. The first-order valence-electron chi connectivity index (χ1n) is 9.17. The van der Waals surface area contributed by atoms with Gasteiger partial charge < -0.3 is 10.1 Å². The third kappa shape index (κ3) is 4.89. The fourth-order valence-corrected chi connectivity index (χ4v) is 3.20. The van der Waals surface area contributed by atoms with Gasteiger partial charge in [0.1, 0.15) is 12.4 Å². The number of ether oxygens (including phenoxy) is 1. The van der Waals surface area contributed by atoms with Crippen molar-refractivity contribution in [3.8, 4) is 5.75 Å². The molecular weight excluding hydrogens is 368 g/mol. The minimum atomic E-state index is 0. The van der Waals surface area contributed by atoms with Crippen LogP contribution >= 0.6 is 12.4 Å². The molecule has 1 aromatic heterocycles. The van der Waals surface area contributed by atoms with Gasteiger partial charge in [-0.15, -0.1) is 12.4 Å². The summed E-state index contributed by atoms with van der Waals surface area (Å²) in [6.07, 6.45) is 3.69. The molecule has 0 aliphatic rings. The highest BCUT2D eigenvalue weighted by atomic mass is 35.5. The van der Waals surface area contributed by atoms with Gasteiger partial charge in [0.2, 0.25) is 0 Å². The minimum absolute atomic E-state index is 0. The number of hydrogen-bond donors (Lipinski definition) is 1. The van der Waals surface area contributed by atoms with Gasteiger partial charge in [0.15, 0.2) is 0 Å². The maximum atomic E-state index is 6.18. The van der Waals surface area contributed by atoms with Crippen molar-refractivity contribution >= 4 is 23.2 Å². The third-order valence-corrected chi connectivity index (χ3v) is 4.59. The molecule has 4 aromatic rings. The minimum Gasteiger partial charge on any atom is -0.489 e. The van der Waals surface area contributed by atoms with Crippen LogP contribution in [0.25, 0.3) is 10.8 Å². The molecule has 0 saturated heterocycles. The van der Waals surface area contributed by atoms with Crippen LogP contribution < -0.4 is 10.1 Å². The topological polar surface area (TPSA) is 34.1 Å². The van der Waals surface area contributed by atoms with Crippen LogP contribution in [-0.2, 0) is 19.7 Å². The summed E-state index contributed by atoms with van der Waals surface area (Å²) in [4.78, 5) is 4.18. The summed E-state index contributed by atoms with van der Waals surface area (Å²) in [5, 5.41) is 5.98. The second-order valence-electron chi connectivity index (χ2n) is 6.50. The van der Waals surface area contributed by atoms with Crippen LogP contribution in [0.1, 0.15) is 16.7 Å². The molecule has 0 radical (unpaired) electrons. The average Bonchev–Trinajstić information content (AvgIpc) is 2.74. The lowest BCUT2D eigenvalue weighted by Gasteiger charge is -2.15. The van der Waals surface area contributed by atoms with Crippen LogP contribution in [-0.4, -0.2) is 4.98 Å². The van der Waals surface area contributed by atoms with E-state index in [1.165, 1.54) is 27.5 Å². The van der Waals surface area contributed by atoms with E-state index in [9.17, 15) is 0 Å². The van der Waals surface area contributed by atoms with Gasteiger partial charge in [0, 0.05) is 31.0 Å². The summed E-state index contributed by atoms with van der Waals surface area (Å²) < 4.78 is 6.18. The molecule has 142 valence electrons. The lowest BCUT2D eigenvalue weighted by atomic mass is 10.0. The van der Waals surface area contributed by atoms with Gasteiger partial charge in [0.25, 0.3) is 0 Å². The van der Waals surface area contributed by atoms with Crippen LogP contribution in [0.4, 0.5) is 0 Å². The van der Waals surface area contributed by atoms with Gasteiger partial charge in [-0.2, -0.15) is 0 Å². The van der Waals surface area contributed by atoms with Gasteiger partial charge in [-0.05, 0) is 34.0 Å². The normalized spacial score (nSPS) is 10.4. The molecule has 1 heterocycles. The molecule has 1 N–H and O–H groups in total. The van der Waals surface area contributed by atoms with Crippen molar-refractivity contribution in [2.75, 3.05) is 0 Å². The molecule has 3 aromatic carbocycles. The smallest absolute Gasteiger partial charge is 0.124 e. The Bertz CT molecular complexity index is 1010. The predicted molar refractivity (Wildman–Crippen MR) is 117 cm³/mol. The fraction of sp³-hybridized carbons (Fsp3) is 0.125. The molecule has 0 unspecified atom stereocenters. The van der Waals surface area contributed by atoms with Crippen molar-refractivity contribution in [1.82, 2.24) is 10.3 Å². The number of aromatic nitrogens is 1. The standard InChI is InChI=1S/C24H22N2O.ClH/c1-2-7-19(8-3-1)18-27-24-13-12-21-10-4-5-11-22(21)23(24)17-26-16-20-9-6-14-25-15-20;/h1-15,26H,16-18H2;1H. The lowest BCUT2D eigenvalue weighted by Crippen LogP contribution is -2.14. The van der Waals surface area contributed by atoms with Crippen molar-refractivity contribution in [3.05, 3.63) is 108 Å². The number of halogens is 1. The first-order chi connectivity index (χ1) is 13.4. The molecule has 4 rings (SSSR count). The summed E-state index contributed by atoms with van der Waals surface area (Å²) in [6, 6.07) is 27.0. The number of fused-ring (bicyclic) bond motifs is 1. The van der Waals surface area contributed by atoms with E-state index < -0.39 is 0 Å². The quantitative estimate of drug-likeness (QED) is 0.450. The zero-order chi connectivity index (χ0) is 18.3. The van der Waals surface area contributed by atoms with E-state index in [4.69, 9.17) is 4.74 Å². The molecule has 0 fully saturated rings. The molecule has 3 nitrogen and oxygen atoms in total. The Labute approximate surface area is 171 Å². The lowest BCUT2D eigenvalue weighted by molar-refractivity contribution is 0.302. The summed E-state index contributed by atoms with van der Waals surface area (Å²) >= 11 is 0. The number of pyridine rings is 1. The van der Waals surface area contributed by atoms with Crippen molar-refractivity contribution in [3.63, 3.8) is 0 Å². The molecule has 0 spiro atoms. The number of rotatable bonds is 7. The Morgan fingerprint density at radius 1 is 0.750 bits per heavy atom. The largest absolute Gasteiger partial charge is 0.489 e. The third-order valence-electron chi connectivity index (χ3n) is 4.59. The van der Waals surface area contributed by atoms with Crippen molar-refractivity contribution in [2.24, 2.45) is 0 Å². The highest BCUT2D eigenvalue weighted by molar-refractivity contribution is 5.87. The molecule has 0 atom stereocenters. The highest BCUT2D eigenvalue weighted by Crippen LogP contribution is 2.29. The zero-order valence-electron chi connectivity index (χ0n) is 15.5. The van der Waals surface area contributed by atoms with Gasteiger partial charge in [-0.1, -0.05) is 66.7 Å². The van der Waals surface area contributed by atoms with Gasteiger partial charge in [0.05, 0.1) is 0 Å².